The molecule has 5 heteroatoms. The first-order chi connectivity index (χ1) is 10.1. The third-order valence-electron chi connectivity index (χ3n) is 2.92. The van der Waals surface area contributed by atoms with Gasteiger partial charge in [-0.3, -0.25) is 0 Å². The molecule has 0 unspecified atom stereocenters. The molecule has 3 nitrogen and oxygen atoms in total. The summed E-state index contributed by atoms with van der Waals surface area (Å²) in [5.41, 5.74) is 0.787. The Hall–Kier alpha value is -2.27. The molecule has 0 radical (unpaired) electrons. The molecule has 0 aliphatic rings. The smallest absolute Gasteiger partial charge is 0.339 e. The molecule has 0 saturated carbocycles. The fraction of sp³-hybridized carbons (Fsp3) is 0. The third-order valence-corrected chi connectivity index (χ3v) is 3.45. The van der Waals surface area contributed by atoms with Crippen molar-refractivity contribution in [2.75, 3.05) is 0 Å². The highest BCUT2D eigenvalue weighted by Gasteiger charge is 2.11. The van der Waals surface area contributed by atoms with Crippen LogP contribution in [-0.4, -0.2) is 4.98 Å². The van der Waals surface area contributed by atoms with Crippen LogP contribution in [0.5, 0.6) is 0 Å². The van der Waals surface area contributed by atoms with E-state index in [0.717, 1.165) is 10.0 Å². The van der Waals surface area contributed by atoms with E-state index in [-0.39, 0.29) is 11.5 Å². The lowest BCUT2D eigenvalue weighted by Crippen LogP contribution is -2.02. The molecule has 0 atom stereocenters. The van der Waals surface area contributed by atoms with E-state index in [4.69, 9.17) is 4.42 Å². The average Bonchev–Trinajstić information content (AvgIpc) is 2.48. The van der Waals surface area contributed by atoms with E-state index in [0.29, 0.717) is 5.69 Å². The minimum Gasteiger partial charge on any atom is -0.403 e. The first-order valence-corrected chi connectivity index (χ1v) is 6.96. The molecule has 2 aromatic carbocycles. The van der Waals surface area contributed by atoms with Gasteiger partial charge in [0.25, 0.3) is 0 Å². The number of aromatic nitrogens is 1. The van der Waals surface area contributed by atoms with Gasteiger partial charge in [-0.2, -0.15) is 0 Å². The molecule has 0 spiro atoms. The Balaban J connectivity index is 2.15. The van der Waals surface area contributed by atoms with Crippen molar-refractivity contribution in [2.45, 2.75) is 0 Å². The van der Waals surface area contributed by atoms with Gasteiger partial charge in [-0.15, -0.1) is 0 Å². The monoisotopic (exact) mass is 345 g/mol. The van der Waals surface area contributed by atoms with Crippen LogP contribution in [0.4, 0.5) is 4.39 Å². The predicted octanol–water partition coefficient (Wildman–Crippen LogP) is 4.27. The molecule has 104 valence electrons. The summed E-state index contributed by atoms with van der Waals surface area (Å²) in [5.74, 6) is -0.514. The molecule has 3 aromatic rings. The lowest BCUT2D eigenvalue weighted by Gasteiger charge is -2.04. The van der Waals surface area contributed by atoms with E-state index in [1.165, 1.54) is 18.2 Å². The molecule has 0 N–H and O–H groups in total. The Labute approximate surface area is 128 Å². The maximum absolute atomic E-state index is 13.8. The van der Waals surface area contributed by atoms with Gasteiger partial charge in [0.2, 0.25) is 5.89 Å². The van der Waals surface area contributed by atoms with E-state index in [2.05, 4.69) is 20.9 Å². The number of benzene rings is 2. The molecular weight excluding hydrogens is 337 g/mol. The topological polar surface area (TPSA) is 43.1 Å². The van der Waals surface area contributed by atoms with Crippen LogP contribution in [0.1, 0.15) is 0 Å². The Morgan fingerprint density at radius 2 is 1.76 bits per heavy atom. The fourth-order valence-corrected chi connectivity index (χ4v) is 2.18. The zero-order valence-electron chi connectivity index (χ0n) is 10.7. The van der Waals surface area contributed by atoms with Gasteiger partial charge in [-0.1, -0.05) is 40.2 Å². The van der Waals surface area contributed by atoms with Gasteiger partial charge in [0.05, 0.1) is 17.3 Å². The van der Waals surface area contributed by atoms with Gasteiger partial charge < -0.3 is 4.42 Å². The van der Waals surface area contributed by atoms with Crippen molar-refractivity contribution in [3.63, 3.8) is 0 Å². The summed E-state index contributed by atoms with van der Waals surface area (Å²) in [6.07, 6.45) is 0. The second-order valence-corrected chi connectivity index (χ2v) is 5.27. The zero-order chi connectivity index (χ0) is 14.8. The summed E-state index contributed by atoms with van der Waals surface area (Å²) in [5, 5.41) is 0. The van der Waals surface area contributed by atoms with E-state index < -0.39 is 11.4 Å². The Kier molecular flexibility index (Phi) is 3.66. The van der Waals surface area contributed by atoms with Gasteiger partial charge in [0, 0.05) is 10.0 Å². The molecule has 1 aromatic heterocycles. The lowest BCUT2D eigenvalue weighted by molar-refractivity contribution is 0.502. The van der Waals surface area contributed by atoms with E-state index in [9.17, 15) is 9.18 Å². The second-order valence-electron chi connectivity index (χ2n) is 4.35. The van der Waals surface area contributed by atoms with Gasteiger partial charge in [0.1, 0.15) is 5.82 Å². The van der Waals surface area contributed by atoms with Crippen molar-refractivity contribution in [1.82, 2.24) is 4.98 Å². The van der Waals surface area contributed by atoms with Crippen LogP contribution in [0.25, 0.3) is 22.7 Å². The molecule has 0 saturated heterocycles. The van der Waals surface area contributed by atoms with Crippen molar-refractivity contribution in [3.05, 3.63) is 75.3 Å². The van der Waals surface area contributed by atoms with Gasteiger partial charge >= 0.3 is 5.63 Å². The first kappa shape index (κ1) is 13.7. The molecule has 0 bridgehead atoms. The maximum Gasteiger partial charge on any atom is 0.339 e. The Morgan fingerprint density at radius 1 is 1.05 bits per heavy atom. The maximum atomic E-state index is 13.8. The summed E-state index contributed by atoms with van der Waals surface area (Å²) >= 11 is 3.34. The molecule has 0 aliphatic carbocycles. The molecule has 1 heterocycles. The molecule has 21 heavy (non-hydrogen) atoms. The number of hydrogen-bond donors (Lipinski definition) is 0. The second kappa shape index (κ2) is 5.61. The highest BCUT2D eigenvalue weighted by atomic mass is 79.9. The van der Waals surface area contributed by atoms with Gasteiger partial charge in [-0.25, -0.2) is 14.2 Å². The Morgan fingerprint density at radius 3 is 2.48 bits per heavy atom. The standard InChI is InChI=1S/C16H9BrFNO2/c17-11-7-5-10(6-8-11)14-9-15(20)21-16(19-14)12-3-1-2-4-13(12)18/h1-9H. The predicted molar refractivity (Wildman–Crippen MR) is 81.3 cm³/mol. The summed E-state index contributed by atoms with van der Waals surface area (Å²) < 4.78 is 19.7. The van der Waals surface area contributed by atoms with Crippen LogP contribution < -0.4 is 5.63 Å². The molecule has 0 fully saturated rings. The first-order valence-electron chi connectivity index (χ1n) is 6.16. The summed E-state index contributed by atoms with van der Waals surface area (Å²) in [6.45, 7) is 0. The van der Waals surface area contributed by atoms with Crippen LogP contribution in [0.15, 0.2) is 68.3 Å². The Bertz CT molecular complexity index is 843. The quantitative estimate of drug-likeness (QED) is 0.696. The van der Waals surface area contributed by atoms with Crippen LogP contribution >= 0.6 is 15.9 Å². The minimum atomic E-state index is -0.568. The zero-order valence-corrected chi connectivity index (χ0v) is 12.3. The summed E-state index contributed by atoms with van der Waals surface area (Å²) in [6, 6.07) is 14.6. The number of halogens is 2. The molecule has 0 aliphatic heterocycles. The number of rotatable bonds is 2. The minimum absolute atomic E-state index is 0.0291. The van der Waals surface area contributed by atoms with Crippen molar-refractivity contribution >= 4 is 15.9 Å². The number of hydrogen-bond acceptors (Lipinski definition) is 3. The molecule has 3 rings (SSSR count). The lowest BCUT2D eigenvalue weighted by atomic mass is 10.1. The summed E-state index contributed by atoms with van der Waals surface area (Å²) in [4.78, 5) is 15.9. The highest BCUT2D eigenvalue weighted by Crippen LogP contribution is 2.24. The van der Waals surface area contributed by atoms with Crippen LogP contribution in [0.2, 0.25) is 0 Å². The third kappa shape index (κ3) is 2.92. The van der Waals surface area contributed by atoms with Crippen molar-refractivity contribution in [2.24, 2.45) is 0 Å². The van der Waals surface area contributed by atoms with Crippen LogP contribution in [-0.2, 0) is 0 Å². The van der Waals surface area contributed by atoms with Crippen molar-refractivity contribution in [3.8, 4) is 22.7 Å². The molecule has 0 amide bonds. The molecular formula is C16H9BrFNO2. The van der Waals surface area contributed by atoms with E-state index >= 15 is 0 Å². The number of nitrogens with zero attached hydrogens (tertiary/aromatic N) is 1. The van der Waals surface area contributed by atoms with E-state index in [1.807, 2.05) is 24.3 Å². The summed E-state index contributed by atoms with van der Waals surface area (Å²) in [7, 11) is 0. The van der Waals surface area contributed by atoms with Crippen molar-refractivity contribution < 1.29 is 8.81 Å². The van der Waals surface area contributed by atoms with Gasteiger partial charge in [-0.05, 0) is 24.3 Å². The average molecular weight is 346 g/mol. The largest absolute Gasteiger partial charge is 0.403 e. The van der Waals surface area contributed by atoms with Crippen molar-refractivity contribution in [1.29, 1.82) is 0 Å². The van der Waals surface area contributed by atoms with Crippen LogP contribution in [0.3, 0.4) is 0 Å². The highest BCUT2D eigenvalue weighted by molar-refractivity contribution is 9.10. The van der Waals surface area contributed by atoms with E-state index in [1.54, 1.807) is 12.1 Å². The SMILES string of the molecule is O=c1cc(-c2ccc(Br)cc2)nc(-c2ccccc2F)o1. The van der Waals surface area contributed by atoms with Crippen LogP contribution in [0, 0.1) is 5.82 Å². The van der Waals surface area contributed by atoms with Gasteiger partial charge in [0.15, 0.2) is 0 Å². The fourth-order valence-electron chi connectivity index (χ4n) is 1.92. The normalized spacial score (nSPS) is 10.6.